The highest BCUT2D eigenvalue weighted by atomic mass is 16.1. The van der Waals surface area contributed by atoms with E-state index in [1.165, 1.54) is 12.8 Å². The van der Waals surface area contributed by atoms with Crippen molar-refractivity contribution >= 4 is 5.91 Å². The number of rotatable bonds is 10. The van der Waals surface area contributed by atoms with E-state index in [4.69, 9.17) is 0 Å². The van der Waals surface area contributed by atoms with E-state index in [1.807, 2.05) is 0 Å². The molecule has 1 saturated carbocycles. The van der Waals surface area contributed by atoms with Crippen molar-refractivity contribution in [3.05, 3.63) is 0 Å². The number of nitrogens with zero attached hydrogens (tertiary/aromatic N) is 1. The lowest BCUT2D eigenvalue weighted by molar-refractivity contribution is -0.120. The molecule has 0 aliphatic heterocycles. The Morgan fingerprint density at radius 1 is 1.29 bits per heavy atom. The van der Waals surface area contributed by atoms with Crippen LogP contribution in [0, 0.1) is 5.92 Å². The first-order chi connectivity index (χ1) is 8.26. The van der Waals surface area contributed by atoms with E-state index in [9.17, 15) is 4.79 Å². The molecule has 2 N–H and O–H groups in total. The molecule has 0 bridgehead atoms. The van der Waals surface area contributed by atoms with Crippen molar-refractivity contribution < 1.29 is 4.79 Å². The largest absolute Gasteiger partial charge is 0.355 e. The van der Waals surface area contributed by atoms with Gasteiger partial charge in [0, 0.05) is 6.54 Å². The maximum atomic E-state index is 11.4. The van der Waals surface area contributed by atoms with Crippen LogP contribution in [0.15, 0.2) is 0 Å². The van der Waals surface area contributed by atoms with Crippen LogP contribution in [-0.4, -0.2) is 50.1 Å². The Labute approximate surface area is 105 Å². The predicted octanol–water partition coefficient (Wildman–Crippen LogP) is 0.834. The Kier molecular flexibility index (Phi) is 7.21. The zero-order valence-corrected chi connectivity index (χ0v) is 11.3. The van der Waals surface area contributed by atoms with Crippen molar-refractivity contribution in [1.29, 1.82) is 0 Å². The molecule has 1 fully saturated rings. The van der Waals surface area contributed by atoms with E-state index in [0.29, 0.717) is 6.54 Å². The first kappa shape index (κ1) is 14.5. The highest BCUT2D eigenvalue weighted by Gasteiger charge is 2.20. The molecule has 4 heteroatoms. The standard InChI is InChI=1S/C13H27N3O/c1-3-16(4-2)9-5-8-15-13(17)11-14-10-12-6-7-12/h12,14H,3-11H2,1-2H3,(H,15,17). The molecule has 1 aliphatic rings. The van der Waals surface area contributed by atoms with Crippen LogP contribution < -0.4 is 10.6 Å². The molecule has 0 spiro atoms. The fourth-order valence-corrected chi connectivity index (χ4v) is 1.84. The molecule has 0 heterocycles. The number of carbonyl (C=O) groups is 1. The third-order valence-corrected chi connectivity index (χ3v) is 3.28. The van der Waals surface area contributed by atoms with E-state index in [2.05, 4.69) is 29.4 Å². The maximum absolute atomic E-state index is 11.4. The van der Waals surface area contributed by atoms with Crippen molar-refractivity contribution in [2.45, 2.75) is 33.1 Å². The number of carbonyl (C=O) groups excluding carboxylic acids is 1. The molecular formula is C13H27N3O. The summed E-state index contributed by atoms with van der Waals surface area (Å²) in [6.45, 7) is 9.87. The van der Waals surface area contributed by atoms with Gasteiger partial charge < -0.3 is 15.5 Å². The summed E-state index contributed by atoms with van der Waals surface area (Å²) < 4.78 is 0. The number of hydrogen-bond acceptors (Lipinski definition) is 3. The summed E-state index contributed by atoms with van der Waals surface area (Å²) in [4.78, 5) is 13.8. The first-order valence-electron chi connectivity index (χ1n) is 6.96. The first-order valence-corrected chi connectivity index (χ1v) is 6.96. The topological polar surface area (TPSA) is 44.4 Å². The Bertz CT molecular complexity index is 213. The summed E-state index contributed by atoms with van der Waals surface area (Å²) in [6.07, 6.45) is 3.70. The maximum Gasteiger partial charge on any atom is 0.233 e. The average Bonchev–Trinajstić information content (AvgIpc) is 3.13. The SMILES string of the molecule is CCN(CC)CCCNC(=O)CNCC1CC1. The number of amides is 1. The van der Waals surface area contributed by atoms with Gasteiger partial charge in [0.2, 0.25) is 5.91 Å². The monoisotopic (exact) mass is 241 g/mol. The van der Waals surface area contributed by atoms with Crippen LogP contribution in [0.5, 0.6) is 0 Å². The molecule has 0 atom stereocenters. The summed E-state index contributed by atoms with van der Waals surface area (Å²) in [6, 6.07) is 0. The predicted molar refractivity (Wildman–Crippen MR) is 71.0 cm³/mol. The van der Waals surface area contributed by atoms with Gasteiger partial charge in [-0.2, -0.15) is 0 Å². The Hall–Kier alpha value is -0.610. The van der Waals surface area contributed by atoms with Crippen LogP contribution in [0.2, 0.25) is 0 Å². The number of hydrogen-bond donors (Lipinski definition) is 2. The van der Waals surface area contributed by atoms with Crippen LogP contribution in [0.3, 0.4) is 0 Å². The Morgan fingerprint density at radius 3 is 2.59 bits per heavy atom. The Balaban J connectivity index is 1.88. The van der Waals surface area contributed by atoms with Gasteiger partial charge in [-0.15, -0.1) is 0 Å². The van der Waals surface area contributed by atoms with Gasteiger partial charge in [-0.25, -0.2) is 0 Å². The van der Waals surface area contributed by atoms with E-state index < -0.39 is 0 Å². The molecule has 100 valence electrons. The summed E-state index contributed by atoms with van der Waals surface area (Å²) >= 11 is 0. The number of nitrogens with one attached hydrogen (secondary N) is 2. The van der Waals surface area contributed by atoms with Crippen molar-refractivity contribution in [2.75, 3.05) is 39.3 Å². The van der Waals surface area contributed by atoms with E-state index >= 15 is 0 Å². The fraction of sp³-hybridized carbons (Fsp3) is 0.923. The van der Waals surface area contributed by atoms with Crippen molar-refractivity contribution in [2.24, 2.45) is 5.92 Å². The molecule has 0 radical (unpaired) electrons. The molecule has 0 unspecified atom stereocenters. The zero-order valence-electron chi connectivity index (χ0n) is 11.3. The van der Waals surface area contributed by atoms with Gasteiger partial charge in [-0.05, 0) is 51.4 Å². The highest BCUT2D eigenvalue weighted by Crippen LogP contribution is 2.27. The lowest BCUT2D eigenvalue weighted by Gasteiger charge is -2.17. The molecule has 0 aromatic carbocycles. The van der Waals surface area contributed by atoms with Crippen molar-refractivity contribution in [1.82, 2.24) is 15.5 Å². The third kappa shape index (κ3) is 7.34. The average molecular weight is 241 g/mol. The third-order valence-electron chi connectivity index (χ3n) is 3.28. The zero-order chi connectivity index (χ0) is 12.5. The molecule has 4 nitrogen and oxygen atoms in total. The van der Waals surface area contributed by atoms with Crippen LogP contribution in [0.1, 0.15) is 33.1 Å². The molecule has 1 amide bonds. The molecule has 1 aliphatic carbocycles. The second kappa shape index (κ2) is 8.48. The second-order valence-corrected chi connectivity index (χ2v) is 4.80. The van der Waals surface area contributed by atoms with Crippen LogP contribution in [0.4, 0.5) is 0 Å². The minimum Gasteiger partial charge on any atom is -0.355 e. The van der Waals surface area contributed by atoms with Gasteiger partial charge in [0.15, 0.2) is 0 Å². The van der Waals surface area contributed by atoms with E-state index in [1.54, 1.807) is 0 Å². The minimum atomic E-state index is 0.130. The van der Waals surface area contributed by atoms with Crippen molar-refractivity contribution in [3.8, 4) is 0 Å². The summed E-state index contributed by atoms with van der Waals surface area (Å²) in [5.74, 6) is 0.968. The lowest BCUT2D eigenvalue weighted by Crippen LogP contribution is -2.36. The summed E-state index contributed by atoms with van der Waals surface area (Å²) in [7, 11) is 0. The van der Waals surface area contributed by atoms with Gasteiger partial charge >= 0.3 is 0 Å². The minimum absolute atomic E-state index is 0.130. The summed E-state index contributed by atoms with van der Waals surface area (Å²) in [5, 5.41) is 6.15. The van der Waals surface area contributed by atoms with Crippen LogP contribution in [-0.2, 0) is 4.79 Å². The molecule has 0 saturated heterocycles. The Morgan fingerprint density at radius 2 is 2.00 bits per heavy atom. The summed E-state index contributed by atoms with van der Waals surface area (Å²) in [5.41, 5.74) is 0. The van der Waals surface area contributed by atoms with E-state index in [-0.39, 0.29) is 5.91 Å². The molecular weight excluding hydrogens is 214 g/mol. The second-order valence-electron chi connectivity index (χ2n) is 4.80. The lowest BCUT2D eigenvalue weighted by atomic mass is 10.3. The van der Waals surface area contributed by atoms with Gasteiger partial charge in [-0.1, -0.05) is 13.8 Å². The molecule has 0 aromatic rings. The fourth-order valence-electron chi connectivity index (χ4n) is 1.84. The van der Waals surface area contributed by atoms with Crippen molar-refractivity contribution in [3.63, 3.8) is 0 Å². The highest BCUT2D eigenvalue weighted by molar-refractivity contribution is 5.77. The molecule has 17 heavy (non-hydrogen) atoms. The van der Waals surface area contributed by atoms with Gasteiger partial charge in [0.25, 0.3) is 0 Å². The van der Waals surface area contributed by atoms with Gasteiger partial charge in [-0.3, -0.25) is 4.79 Å². The van der Waals surface area contributed by atoms with Crippen LogP contribution in [0.25, 0.3) is 0 Å². The smallest absolute Gasteiger partial charge is 0.233 e. The van der Waals surface area contributed by atoms with Crippen LogP contribution >= 0.6 is 0 Å². The van der Waals surface area contributed by atoms with Gasteiger partial charge in [0.05, 0.1) is 6.54 Å². The van der Waals surface area contributed by atoms with Gasteiger partial charge in [0.1, 0.15) is 0 Å². The quantitative estimate of drug-likeness (QED) is 0.557. The molecule has 1 rings (SSSR count). The molecule has 0 aromatic heterocycles. The van der Waals surface area contributed by atoms with E-state index in [0.717, 1.165) is 45.1 Å². The normalized spacial score (nSPS) is 15.2.